The van der Waals surface area contributed by atoms with Gasteiger partial charge in [0.1, 0.15) is 0 Å². The quantitative estimate of drug-likeness (QED) is 0.712. The molecule has 19 heavy (non-hydrogen) atoms. The maximum absolute atomic E-state index is 5.45. The molecule has 4 nitrogen and oxygen atoms in total. The zero-order valence-corrected chi connectivity index (χ0v) is 11.7. The monoisotopic (exact) mass is 262 g/mol. The van der Waals surface area contributed by atoms with Crippen molar-refractivity contribution in [3.63, 3.8) is 0 Å². The molecular weight excluding hydrogens is 236 g/mol. The van der Waals surface area contributed by atoms with Gasteiger partial charge in [0.2, 0.25) is 0 Å². The minimum absolute atomic E-state index is 0.732. The van der Waals surface area contributed by atoms with E-state index in [1.165, 1.54) is 31.7 Å². The molecule has 0 aromatic heterocycles. The summed E-state index contributed by atoms with van der Waals surface area (Å²) in [5.74, 6) is 0. The zero-order valence-electron chi connectivity index (χ0n) is 11.7. The average molecular weight is 262 g/mol. The third kappa shape index (κ3) is 4.82. The average Bonchev–Trinajstić information content (AvgIpc) is 2.49. The summed E-state index contributed by atoms with van der Waals surface area (Å²) in [5.41, 5.74) is 6.80. The highest BCUT2D eigenvalue weighted by Crippen LogP contribution is 2.15. The highest BCUT2D eigenvalue weighted by molar-refractivity contribution is 5.46. The van der Waals surface area contributed by atoms with Gasteiger partial charge in [0.25, 0.3) is 0 Å². The van der Waals surface area contributed by atoms with E-state index in [0.29, 0.717) is 0 Å². The van der Waals surface area contributed by atoms with Crippen molar-refractivity contribution in [1.82, 2.24) is 10.2 Å². The van der Waals surface area contributed by atoms with Crippen LogP contribution in [0, 0.1) is 0 Å². The lowest BCUT2D eigenvalue weighted by Crippen LogP contribution is -2.47. The Bertz CT molecular complexity index is 333. The summed E-state index contributed by atoms with van der Waals surface area (Å²) < 4.78 is 0. The fourth-order valence-corrected chi connectivity index (χ4v) is 2.52. The van der Waals surface area contributed by atoms with Crippen molar-refractivity contribution >= 4 is 5.69 Å². The molecule has 4 heteroatoms. The van der Waals surface area contributed by atoms with Gasteiger partial charge in [-0.15, -0.1) is 0 Å². The standard InChI is InChI=1S/C15H26N4/c16-7-9-17-8-4-10-18-11-13-19(14-12-18)15-5-2-1-3-6-15/h1-3,5-6,17H,4,7-14,16H2. The predicted octanol–water partition coefficient (Wildman–Crippen LogP) is 0.747. The number of rotatable bonds is 7. The highest BCUT2D eigenvalue weighted by Gasteiger charge is 2.16. The van der Waals surface area contributed by atoms with Gasteiger partial charge >= 0.3 is 0 Å². The molecule has 1 aromatic carbocycles. The number of hydrogen-bond donors (Lipinski definition) is 2. The second kappa shape index (κ2) is 8.15. The Morgan fingerprint density at radius 3 is 2.42 bits per heavy atom. The Hall–Kier alpha value is -1.10. The number of nitrogens with one attached hydrogen (secondary N) is 1. The minimum atomic E-state index is 0.732. The Labute approximate surface area is 116 Å². The molecule has 1 saturated heterocycles. The lowest BCUT2D eigenvalue weighted by molar-refractivity contribution is 0.254. The molecule has 0 bridgehead atoms. The van der Waals surface area contributed by atoms with Crippen molar-refractivity contribution in [3.8, 4) is 0 Å². The molecule has 1 fully saturated rings. The third-order valence-electron chi connectivity index (χ3n) is 3.64. The van der Waals surface area contributed by atoms with Crippen molar-refractivity contribution in [2.45, 2.75) is 6.42 Å². The summed E-state index contributed by atoms with van der Waals surface area (Å²) in [7, 11) is 0. The number of benzene rings is 1. The van der Waals surface area contributed by atoms with Crippen LogP contribution in [0.2, 0.25) is 0 Å². The van der Waals surface area contributed by atoms with E-state index in [0.717, 1.165) is 32.7 Å². The maximum Gasteiger partial charge on any atom is 0.0367 e. The number of nitrogens with two attached hydrogens (primary N) is 1. The highest BCUT2D eigenvalue weighted by atomic mass is 15.3. The second-order valence-electron chi connectivity index (χ2n) is 5.06. The molecule has 1 aliphatic rings. The fraction of sp³-hybridized carbons (Fsp3) is 0.600. The summed E-state index contributed by atoms with van der Waals surface area (Å²) in [6.07, 6.45) is 1.21. The summed E-state index contributed by atoms with van der Waals surface area (Å²) in [6.45, 7) is 8.56. The van der Waals surface area contributed by atoms with Crippen LogP contribution in [0.3, 0.4) is 0 Å². The van der Waals surface area contributed by atoms with Crippen LogP contribution >= 0.6 is 0 Å². The molecule has 1 aliphatic heterocycles. The molecule has 0 radical (unpaired) electrons. The van der Waals surface area contributed by atoms with E-state index in [1.807, 2.05) is 0 Å². The van der Waals surface area contributed by atoms with E-state index in [9.17, 15) is 0 Å². The summed E-state index contributed by atoms with van der Waals surface area (Å²) >= 11 is 0. The third-order valence-corrected chi connectivity index (χ3v) is 3.64. The second-order valence-corrected chi connectivity index (χ2v) is 5.06. The number of hydrogen-bond acceptors (Lipinski definition) is 4. The topological polar surface area (TPSA) is 44.5 Å². The van der Waals surface area contributed by atoms with Gasteiger partial charge in [0, 0.05) is 45.0 Å². The van der Waals surface area contributed by atoms with Crippen molar-refractivity contribution in [2.24, 2.45) is 5.73 Å². The van der Waals surface area contributed by atoms with Crippen LogP contribution in [0.15, 0.2) is 30.3 Å². The van der Waals surface area contributed by atoms with Crippen LogP contribution < -0.4 is 16.0 Å². The molecule has 0 spiro atoms. The first-order chi connectivity index (χ1) is 9.40. The smallest absolute Gasteiger partial charge is 0.0367 e. The maximum atomic E-state index is 5.45. The first-order valence-electron chi connectivity index (χ1n) is 7.33. The van der Waals surface area contributed by atoms with E-state index in [1.54, 1.807) is 0 Å². The first-order valence-corrected chi connectivity index (χ1v) is 7.33. The molecule has 3 N–H and O–H groups in total. The molecule has 1 heterocycles. The molecule has 0 atom stereocenters. The van der Waals surface area contributed by atoms with Gasteiger partial charge in [-0.1, -0.05) is 18.2 Å². The van der Waals surface area contributed by atoms with Gasteiger partial charge in [0.15, 0.2) is 0 Å². The van der Waals surface area contributed by atoms with Crippen molar-refractivity contribution < 1.29 is 0 Å². The SMILES string of the molecule is NCCNCCCN1CCN(c2ccccc2)CC1. The van der Waals surface area contributed by atoms with Gasteiger partial charge in [-0.25, -0.2) is 0 Å². The van der Waals surface area contributed by atoms with Crippen molar-refractivity contribution in [3.05, 3.63) is 30.3 Å². The first kappa shape index (κ1) is 14.3. The summed E-state index contributed by atoms with van der Waals surface area (Å²) in [6, 6.07) is 10.7. The number of para-hydroxylation sites is 1. The van der Waals surface area contributed by atoms with E-state index >= 15 is 0 Å². The van der Waals surface area contributed by atoms with Crippen LogP contribution in [0.4, 0.5) is 5.69 Å². The Kier molecular flexibility index (Phi) is 6.14. The minimum Gasteiger partial charge on any atom is -0.369 e. The Morgan fingerprint density at radius 2 is 1.74 bits per heavy atom. The van der Waals surface area contributed by atoms with Gasteiger partial charge in [0.05, 0.1) is 0 Å². The van der Waals surface area contributed by atoms with E-state index in [2.05, 4.69) is 45.4 Å². The summed E-state index contributed by atoms with van der Waals surface area (Å²) in [4.78, 5) is 5.03. The van der Waals surface area contributed by atoms with E-state index in [-0.39, 0.29) is 0 Å². The number of anilines is 1. The van der Waals surface area contributed by atoms with Gasteiger partial charge in [-0.3, -0.25) is 4.90 Å². The van der Waals surface area contributed by atoms with Gasteiger partial charge in [-0.2, -0.15) is 0 Å². The summed E-state index contributed by atoms with van der Waals surface area (Å²) in [5, 5.41) is 3.35. The fourth-order valence-electron chi connectivity index (χ4n) is 2.52. The van der Waals surface area contributed by atoms with Crippen LogP contribution in [0.5, 0.6) is 0 Å². The van der Waals surface area contributed by atoms with Crippen LogP contribution in [0.25, 0.3) is 0 Å². The largest absolute Gasteiger partial charge is 0.369 e. The van der Waals surface area contributed by atoms with Gasteiger partial charge in [-0.05, 0) is 31.6 Å². The van der Waals surface area contributed by atoms with Crippen LogP contribution in [0.1, 0.15) is 6.42 Å². The number of piperazine rings is 1. The Balaban J connectivity index is 1.63. The molecule has 0 saturated carbocycles. The molecule has 0 unspecified atom stereocenters. The molecular formula is C15H26N4. The van der Waals surface area contributed by atoms with Crippen molar-refractivity contribution in [2.75, 3.05) is 57.3 Å². The lowest BCUT2D eigenvalue weighted by atomic mass is 10.2. The van der Waals surface area contributed by atoms with Crippen LogP contribution in [-0.4, -0.2) is 57.3 Å². The molecule has 106 valence electrons. The normalized spacial score (nSPS) is 16.8. The van der Waals surface area contributed by atoms with E-state index < -0.39 is 0 Å². The van der Waals surface area contributed by atoms with Gasteiger partial charge < -0.3 is 16.0 Å². The molecule has 0 aliphatic carbocycles. The Morgan fingerprint density at radius 1 is 1.00 bits per heavy atom. The predicted molar refractivity (Wildman–Crippen MR) is 81.6 cm³/mol. The van der Waals surface area contributed by atoms with Crippen molar-refractivity contribution in [1.29, 1.82) is 0 Å². The number of nitrogens with zero attached hydrogens (tertiary/aromatic N) is 2. The zero-order chi connectivity index (χ0) is 13.3. The lowest BCUT2D eigenvalue weighted by Gasteiger charge is -2.36. The van der Waals surface area contributed by atoms with Crippen LogP contribution in [-0.2, 0) is 0 Å². The molecule has 2 rings (SSSR count). The molecule has 1 aromatic rings. The molecule has 0 amide bonds. The van der Waals surface area contributed by atoms with E-state index in [4.69, 9.17) is 5.73 Å².